The fourth-order valence-corrected chi connectivity index (χ4v) is 2.68. The van der Waals surface area contributed by atoms with Gasteiger partial charge < -0.3 is 15.0 Å². The van der Waals surface area contributed by atoms with Crippen LogP contribution < -0.4 is 10.2 Å². The van der Waals surface area contributed by atoms with Crippen LogP contribution in [0, 0.1) is 12.7 Å². The zero-order chi connectivity index (χ0) is 14.7. The van der Waals surface area contributed by atoms with Crippen LogP contribution in [-0.4, -0.2) is 37.7 Å². The van der Waals surface area contributed by atoms with Gasteiger partial charge in [0.05, 0.1) is 5.69 Å². The summed E-state index contributed by atoms with van der Waals surface area (Å²) in [4.78, 5) is 13.2. The molecule has 1 aliphatic rings. The molecular weight excluding hydrogens is 259 g/mol. The van der Waals surface area contributed by atoms with Crippen molar-refractivity contribution in [2.45, 2.75) is 33.0 Å². The van der Waals surface area contributed by atoms with Gasteiger partial charge in [0.1, 0.15) is 31.1 Å². The lowest BCUT2D eigenvalue weighted by Gasteiger charge is -2.31. The molecule has 1 amide bonds. The van der Waals surface area contributed by atoms with Gasteiger partial charge in [0.25, 0.3) is 5.91 Å². The van der Waals surface area contributed by atoms with Crippen molar-refractivity contribution in [1.29, 1.82) is 0 Å². The first-order valence-corrected chi connectivity index (χ1v) is 6.99. The minimum atomic E-state index is -0.392. The molecule has 1 aliphatic heterocycles. The number of hydrogen-bond acceptors (Lipinski definition) is 2. The number of anilines is 1. The molecule has 1 fully saturated rings. The Balaban J connectivity index is 1.92. The lowest BCUT2D eigenvalue weighted by Crippen LogP contribution is -3.16. The first-order valence-electron chi connectivity index (χ1n) is 6.99. The topological polar surface area (TPSA) is 42.8 Å². The number of morpholine rings is 1. The maximum Gasteiger partial charge on any atom is 0.279 e. The fraction of sp³-hybridized carbons (Fsp3) is 0.533. The number of hydrogen-bond donors (Lipinski definition) is 2. The highest BCUT2D eigenvalue weighted by molar-refractivity contribution is 5.91. The molecule has 1 aromatic carbocycles. The van der Waals surface area contributed by atoms with Gasteiger partial charge in [-0.2, -0.15) is 0 Å². The number of rotatable bonds is 3. The summed E-state index contributed by atoms with van der Waals surface area (Å²) in [5, 5.41) is 2.64. The third kappa shape index (κ3) is 4.02. The van der Waals surface area contributed by atoms with Crippen LogP contribution >= 0.6 is 0 Å². The molecule has 2 rings (SSSR count). The van der Waals surface area contributed by atoms with E-state index >= 15 is 0 Å². The summed E-state index contributed by atoms with van der Waals surface area (Å²) in [5.74, 6) is -0.555. The Morgan fingerprint density at radius 2 is 2.05 bits per heavy atom. The molecule has 0 aromatic heterocycles. The Bertz CT molecular complexity index is 483. The average molecular weight is 281 g/mol. The molecule has 1 aromatic rings. The van der Waals surface area contributed by atoms with Crippen LogP contribution in [0.4, 0.5) is 10.1 Å². The van der Waals surface area contributed by atoms with E-state index in [0.29, 0.717) is 6.54 Å². The van der Waals surface area contributed by atoms with Crippen LogP contribution in [0.25, 0.3) is 0 Å². The Morgan fingerprint density at radius 3 is 2.65 bits per heavy atom. The van der Waals surface area contributed by atoms with Crippen LogP contribution in [0.3, 0.4) is 0 Å². The normalized spacial score (nSPS) is 26.3. The van der Waals surface area contributed by atoms with E-state index in [0.717, 1.165) is 18.7 Å². The molecule has 5 heteroatoms. The van der Waals surface area contributed by atoms with Crippen LogP contribution in [0.1, 0.15) is 19.4 Å². The van der Waals surface area contributed by atoms with Crippen molar-refractivity contribution >= 4 is 11.6 Å². The van der Waals surface area contributed by atoms with Crippen molar-refractivity contribution in [2.24, 2.45) is 0 Å². The van der Waals surface area contributed by atoms with E-state index in [1.165, 1.54) is 11.0 Å². The van der Waals surface area contributed by atoms with E-state index in [-0.39, 0.29) is 23.8 Å². The molecule has 4 nitrogen and oxygen atoms in total. The first kappa shape index (κ1) is 14.9. The van der Waals surface area contributed by atoms with E-state index in [1.807, 2.05) is 20.8 Å². The highest BCUT2D eigenvalue weighted by Gasteiger charge is 2.27. The maximum absolute atomic E-state index is 13.7. The first-order chi connectivity index (χ1) is 9.44. The standard InChI is InChI=1S/C15H21FN2O2/c1-10-4-5-14(13(16)6-10)17-15(19)9-18-7-11(2)20-12(3)8-18/h4-6,11-12H,7-9H2,1-3H3,(H,17,19)/p+1/t11-,12-/m0/s1. The van der Waals surface area contributed by atoms with Crippen LogP contribution in [0.5, 0.6) is 0 Å². The third-order valence-electron chi connectivity index (χ3n) is 3.43. The fourth-order valence-electron chi connectivity index (χ4n) is 2.68. The Labute approximate surface area is 118 Å². The number of aryl methyl sites for hydroxylation is 1. The van der Waals surface area contributed by atoms with Gasteiger partial charge in [0, 0.05) is 0 Å². The monoisotopic (exact) mass is 281 g/mol. The lowest BCUT2D eigenvalue weighted by molar-refractivity contribution is -0.907. The van der Waals surface area contributed by atoms with E-state index < -0.39 is 5.82 Å². The van der Waals surface area contributed by atoms with Gasteiger partial charge in [-0.15, -0.1) is 0 Å². The minimum Gasteiger partial charge on any atom is -0.364 e. The smallest absolute Gasteiger partial charge is 0.279 e. The molecule has 0 unspecified atom stereocenters. The number of ether oxygens (including phenoxy) is 1. The number of carbonyl (C=O) groups excluding carboxylic acids is 1. The van der Waals surface area contributed by atoms with E-state index in [2.05, 4.69) is 5.32 Å². The Kier molecular flexibility index (Phi) is 4.73. The molecule has 0 aliphatic carbocycles. The van der Waals surface area contributed by atoms with Crippen molar-refractivity contribution in [3.05, 3.63) is 29.6 Å². The molecule has 1 saturated heterocycles. The second kappa shape index (κ2) is 6.33. The van der Waals surface area contributed by atoms with Crippen molar-refractivity contribution in [1.82, 2.24) is 0 Å². The van der Waals surface area contributed by atoms with Gasteiger partial charge >= 0.3 is 0 Å². The van der Waals surface area contributed by atoms with Crippen molar-refractivity contribution in [3.63, 3.8) is 0 Å². The minimum absolute atomic E-state index is 0.151. The highest BCUT2D eigenvalue weighted by atomic mass is 19.1. The number of amides is 1. The van der Waals surface area contributed by atoms with Crippen LogP contribution in [0.15, 0.2) is 18.2 Å². The quantitative estimate of drug-likeness (QED) is 0.859. The van der Waals surface area contributed by atoms with E-state index in [1.54, 1.807) is 12.1 Å². The van der Waals surface area contributed by atoms with Crippen molar-refractivity contribution < 1.29 is 18.8 Å². The lowest BCUT2D eigenvalue weighted by atomic mass is 10.2. The largest absolute Gasteiger partial charge is 0.364 e. The summed E-state index contributed by atoms with van der Waals surface area (Å²) in [6, 6.07) is 4.80. The number of nitrogens with one attached hydrogen (secondary N) is 2. The zero-order valence-electron chi connectivity index (χ0n) is 12.2. The summed E-state index contributed by atoms with van der Waals surface area (Å²) in [6.45, 7) is 7.77. The molecule has 0 spiro atoms. The van der Waals surface area contributed by atoms with Gasteiger partial charge in [-0.3, -0.25) is 4.79 Å². The molecule has 2 atom stereocenters. The van der Waals surface area contributed by atoms with Crippen LogP contribution in [0.2, 0.25) is 0 Å². The van der Waals surface area contributed by atoms with Crippen LogP contribution in [-0.2, 0) is 9.53 Å². The molecule has 20 heavy (non-hydrogen) atoms. The number of benzene rings is 1. The van der Waals surface area contributed by atoms with Gasteiger partial charge in [-0.05, 0) is 38.5 Å². The predicted octanol–water partition coefficient (Wildman–Crippen LogP) is 0.765. The number of carbonyl (C=O) groups is 1. The zero-order valence-corrected chi connectivity index (χ0v) is 12.2. The summed E-state index contributed by atoms with van der Waals surface area (Å²) >= 11 is 0. The summed E-state index contributed by atoms with van der Waals surface area (Å²) in [6.07, 6.45) is 0.301. The van der Waals surface area contributed by atoms with Gasteiger partial charge in [-0.25, -0.2) is 4.39 Å². The average Bonchev–Trinajstić information content (AvgIpc) is 2.31. The number of halogens is 1. The van der Waals surface area contributed by atoms with E-state index in [9.17, 15) is 9.18 Å². The highest BCUT2D eigenvalue weighted by Crippen LogP contribution is 2.14. The van der Waals surface area contributed by atoms with Crippen molar-refractivity contribution in [2.75, 3.05) is 25.0 Å². The number of quaternary nitrogens is 1. The summed E-state index contributed by atoms with van der Waals surface area (Å²) in [7, 11) is 0. The Morgan fingerprint density at radius 1 is 1.40 bits per heavy atom. The molecule has 0 saturated carbocycles. The molecule has 1 heterocycles. The third-order valence-corrected chi connectivity index (χ3v) is 3.43. The molecule has 110 valence electrons. The van der Waals surface area contributed by atoms with Crippen molar-refractivity contribution in [3.8, 4) is 0 Å². The maximum atomic E-state index is 13.7. The molecule has 0 bridgehead atoms. The molecule has 0 radical (unpaired) electrons. The second-order valence-electron chi connectivity index (χ2n) is 5.62. The molecule has 2 N–H and O–H groups in total. The predicted molar refractivity (Wildman–Crippen MR) is 75.3 cm³/mol. The van der Waals surface area contributed by atoms with Gasteiger partial charge in [-0.1, -0.05) is 6.07 Å². The SMILES string of the molecule is Cc1ccc(NC(=O)C[NH+]2C[C@H](C)O[C@@H](C)C2)c(F)c1. The Hall–Kier alpha value is -1.46. The summed E-state index contributed by atoms with van der Waals surface area (Å²) < 4.78 is 19.3. The summed E-state index contributed by atoms with van der Waals surface area (Å²) in [5.41, 5.74) is 1.08. The van der Waals surface area contributed by atoms with Gasteiger partial charge in [0.15, 0.2) is 6.54 Å². The van der Waals surface area contributed by atoms with E-state index in [4.69, 9.17) is 4.74 Å². The van der Waals surface area contributed by atoms with Gasteiger partial charge in [0.2, 0.25) is 0 Å². The molecular formula is C15H22FN2O2+. The second-order valence-corrected chi connectivity index (χ2v) is 5.62.